The van der Waals surface area contributed by atoms with Crippen LogP contribution in [0.15, 0.2) is 17.5 Å². The first-order chi connectivity index (χ1) is 13.2. The maximum absolute atomic E-state index is 10.7. The molecular formula is C23H35NO2S. The van der Waals surface area contributed by atoms with Crippen LogP contribution < -0.4 is 5.32 Å². The molecule has 6 rings (SSSR count). The van der Waals surface area contributed by atoms with Gasteiger partial charge < -0.3 is 15.2 Å². The minimum atomic E-state index is -0.401. The molecule has 2 N–H and O–H groups in total. The van der Waals surface area contributed by atoms with E-state index in [0.717, 1.165) is 23.7 Å². The molecule has 1 aromatic heterocycles. The predicted molar refractivity (Wildman–Crippen MR) is 110 cm³/mol. The first-order valence-electron chi connectivity index (χ1n) is 11.3. The molecule has 2 atom stereocenters. The lowest BCUT2D eigenvalue weighted by atomic mass is 9.54. The first-order valence-corrected chi connectivity index (χ1v) is 12.2. The molecule has 0 saturated heterocycles. The summed E-state index contributed by atoms with van der Waals surface area (Å²) in [6.07, 6.45) is 13.0. The van der Waals surface area contributed by atoms with Crippen molar-refractivity contribution in [3.63, 3.8) is 0 Å². The summed E-state index contributed by atoms with van der Waals surface area (Å²) >= 11 is 1.85. The fraction of sp³-hybridized carbons (Fsp3) is 0.826. The molecule has 0 radical (unpaired) electrons. The molecule has 5 saturated carbocycles. The van der Waals surface area contributed by atoms with E-state index >= 15 is 0 Å². The number of aliphatic hydroxyl groups is 1. The number of thiophene rings is 1. The van der Waals surface area contributed by atoms with Crippen molar-refractivity contribution < 1.29 is 9.84 Å². The molecule has 1 heterocycles. The third kappa shape index (κ3) is 4.01. The Morgan fingerprint density at radius 2 is 1.78 bits per heavy atom. The van der Waals surface area contributed by atoms with Crippen molar-refractivity contribution in [3.05, 3.63) is 22.4 Å². The fourth-order valence-corrected chi connectivity index (χ4v) is 7.96. The number of hydrogen-bond acceptors (Lipinski definition) is 4. The maximum atomic E-state index is 10.7. The van der Waals surface area contributed by atoms with Crippen LogP contribution in [-0.4, -0.2) is 30.0 Å². The molecule has 0 amide bonds. The van der Waals surface area contributed by atoms with Gasteiger partial charge in [-0.25, -0.2) is 0 Å². The van der Waals surface area contributed by atoms with E-state index in [-0.39, 0.29) is 5.60 Å². The Bertz CT molecular complexity index is 575. The third-order valence-corrected chi connectivity index (χ3v) is 8.81. The highest BCUT2D eigenvalue weighted by atomic mass is 32.1. The quantitative estimate of drug-likeness (QED) is 0.663. The second-order valence-electron chi connectivity index (χ2n) is 10.0. The van der Waals surface area contributed by atoms with Crippen LogP contribution in [0.4, 0.5) is 0 Å². The van der Waals surface area contributed by atoms with Gasteiger partial charge in [0, 0.05) is 17.5 Å². The van der Waals surface area contributed by atoms with E-state index in [1.54, 1.807) is 0 Å². The molecule has 0 aliphatic heterocycles. The first kappa shape index (κ1) is 18.6. The lowest BCUT2D eigenvalue weighted by molar-refractivity contribution is -0.174. The van der Waals surface area contributed by atoms with Crippen molar-refractivity contribution in [2.45, 2.75) is 82.0 Å². The van der Waals surface area contributed by atoms with E-state index in [4.69, 9.17) is 4.74 Å². The molecule has 0 spiro atoms. The van der Waals surface area contributed by atoms with Gasteiger partial charge in [0.15, 0.2) is 0 Å². The zero-order valence-corrected chi connectivity index (χ0v) is 17.3. The zero-order chi connectivity index (χ0) is 18.3. The Kier molecular flexibility index (Phi) is 5.36. The van der Waals surface area contributed by atoms with E-state index in [1.807, 2.05) is 11.3 Å². The SMILES string of the molecule is OC(CNC(c1cccs1)C1CCCC1)COC12CC3CC(CC(C3)C1)C2. The van der Waals surface area contributed by atoms with E-state index in [2.05, 4.69) is 22.8 Å². The van der Waals surface area contributed by atoms with Crippen LogP contribution >= 0.6 is 11.3 Å². The standard InChI is InChI=1S/C23H35NO2S/c25-20(14-24-22(19-4-1-2-5-19)21-6-3-7-27-21)15-26-23-11-16-8-17(12-23)10-18(9-16)13-23/h3,6-7,16-20,22,24-25H,1-2,4-5,8-15H2. The van der Waals surface area contributed by atoms with Crippen LogP contribution in [0.3, 0.4) is 0 Å². The minimum absolute atomic E-state index is 0.105. The molecule has 4 bridgehead atoms. The second-order valence-corrected chi connectivity index (χ2v) is 11.0. The van der Waals surface area contributed by atoms with Gasteiger partial charge in [-0.05, 0) is 86.5 Å². The average molecular weight is 390 g/mol. The molecular weight excluding hydrogens is 354 g/mol. The Hall–Kier alpha value is -0.420. The van der Waals surface area contributed by atoms with Crippen LogP contribution in [0.2, 0.25) is 0 Å². The van der Waals surface area contributed by atoms with Gasteiger partial charge in [-0.15, -0.1) is 11.3 Å². The number of nitrogens with one attached hydrogen (secondary N) is 1. The lowest BCUT2D eigenvalue weighted by Crippen LogP contribution is -2.53. The predicted octanol–water partition coefficient (Wildman–Crippen LogP) is 4.92. The Balaban J connectivity index is 1.14. The smallest absolute Gasteiger partial charge is 0.0898 e. The Labute approximate surface area is 167 Å². The monoisotopic (exact) mass is 389 g/mol. The summed E-state index contributed by atoms with van der Waals surface area (Å²) in [7, 11) is 0. The number of aliphatic hydroxyl groups excluding tert-OH is 1. The van der Waals surface area contributed by atoms with Gasteiger partial charge in [0.05, 0.1) is 18.3 Å². The molecule has 5 fully saturated rings. The average Bonchev–Trinajstić information content (AvgIpc) is 3.34. The molecule has 150 valence electrons. The Morgan fingerprint density at radius 1 is 1.11 bits per heavy atom. The molecule has 1 aromatic rings. The summed E-state index contributed by atoms with van der Waals surface area (Å²) in [5.41, 5.74) is 0.105. The van der Waals surface area contributed by atoms with Gasteiger partial charge in [0.1, 0.15) is 0 Å². The van der Waals surface area contributed by atoms with Gasteiger partial charge in [0.2, 0.25) is 0 Å². The van der Waals surface area contributed by atoms with Crippen molar-refractivity contribution in [1.82, 2.24) is 5.32 Å². The van der Waals surface area contributed by atoms with E-state index in [9.17, 15) is 5.11 Å². The van der Waals surface area contributed by atoms with Crippen molar-refractivity contribution in [2.24, 2.45) is 23.7 Å². The summed E-state index contributed by atoms with van der Waals surface area (Å²) in [6.45, 7) is 1.15. The van der Waals surface area contributed by atoms with Crippen molar-refractivity contribution in [2.75, 3.05) is 13.2 Å². The van der Waals surface area contributed by atoms with Crippen LogP contribution in [-0.2, 0) is 4.74 Å². The van der Waals surface area contributed by atoms with E-state index < -0.39 is 6.10 Å². The van der Waals surface area contributed by atoms with Crippen molar-refractivity contribution in [1.29, 1.82) is 0 Å². The molecule has 0 aromatic carbocycles. The number of ether oxygens (including phenoxy) is 1. The molecule has 3 nitrogen and oxygen atoms in total. The summed E-state index contributed by atoms with van der Waals surface area (Å²) < 4.78 is 6.47. The summed E-state index contributed by atoms with van der Waals surface area (Å²) in [5, 5.41) is 16.5. The highest BCUT2D eigenvalue weighted by Gasteiger charge is 2.51. The molecule has 5 aliphatic carbocycles. The molecule has 2 unspecified atom stereocenters. The third-order valence-electron chi connectivity index (χ3n) is 7.86. The van der Waals surface area contributed by atoms with Crippen LogP contribution in [0, 0.1) is 23.7 Å². The topological polar surface area (TPSA) is 41.5 Å². The zero-order valence-electron chi connectivity index (χ0n) is 16.4. The summed E-state index contributed by atoms with van der Waals surface area (Å²) in [6, 6.07) is 4.80. The molecule has 27 heavy (non-hydrogen) atoms. The fourth-order valence-electron chi connectivity index (χ4n) is 7.06. The van der Waals surface area contributed by atoms with Crippen LogP contribution in [0.5, 0.6) is 0 Å². The van der Waals surface area contributed by atoms with Gasteiger partial charge in [-0.3, -0.25) is 0 Å². The Morgan fingerprint density at radius 3 is 2.37 bits per heavy atom. The van der Waals surface area contributed by atoms with Crippen LogP contribution in [0.25, 0.3) is 0 Å². The number of rotatable bonds is 8. The van der Waals surface area contributed by atoms with Crippen molar-refractivity contribution in [3.8, 4) is 0 Å². The van der Waals surface area contributed by atoms with Crippen molar-refractivity contribution >= 4 is 11.3 Å². The van der Waals surface area contributed by atoms with Gasteiger partial charge >= 0.3 is 0 Å². The van der Waals surface area contributed by atoms with E-state index in [1.165, 1.54) is 69.1 Å². The maximum Gasteiger partial charge on any atom is 0.0898 e. The summed E-state index contributed by atoms with van der Waals surface area (Å²) in [5.74, 6) is 3.42. The van der Waals surface area contributed by atoms with Crippen LogP contribution in [0.1, 0.15) is 75.1 Å². The van der Waals surface area contributed by atoms with E-state index in [0.29, 0.717) is 19.2 Å². The van der Waals surface area contributed by atoms with Gasteiger partial charge in [0.25, 0.3) is 0 Å². The second kappa shape index (κ2) is 7.78. The largest absolute Gasteiger partial charge is 0.389 e. The normalized spacial score (nSPS) is 37.7. The highest BCUT2D eigenvalue weighted by molar-refractivity contribution is 7.10. The highest BCUT2D eigenvalue weighted by Crippen LogP contribution is 2.57. The summed E-state index contributed by atoms with van der Waals surface area (Å²) in [4.78, 5) is 1.43. The molecule has 5 aliphatic rings. The van der Waals surface area contributed by atoms with Gasteiger partial charge in [-0.2, -0.15) is 0 Å². The number of hydrogen-bond donors (Lipinski definition) is 2. The molecule has 4 heteroatoms. The van der Waals surface area contributed by atoms with Gasteiger partial charge in [-0.1, -0.05) is 18.9 Å². The lowest BCUT2D eigenvalue weighted by Gasteiger charge is -2.56. The minimum Gasteiger partial charge on any atom is -0.389 e.